The maximum atomic E-state index is 11.3. The number of benzene rings is 1. The third-order valence-electron chi connectivity index (χ3n) is 2.92. The lowest BCUT2D eigenvalue weighted by Gasteiger charge is -2.04. The standard InChI is InChI=1S/C15H20N2O/c18-15(14-8-9-14)17-12-11-16-10-4-7-13-5-2-1-3-6-13/h1-7,14,16H,8-12H2,(H,17,18)/b7-4+. The van der Waals surface area contributed by atoms with E-state index in [1.165, 1.54) is 5.56 Å². The van der Waals surface area contributed by atoms with E-state index in [9.17, 15) is 4.79 Å². The van der Waals surface area contributed by atoms with Crippen LogP contribution in [0, 0.1) is 5.92 Å². The highest BCUT2D eigenvalue weighted by Gasteiger charge is 2.28. The molecule has 1 aliphatic carbocycles. The van der Waals surface area contributed by atoms with Gasteiger partial charge in [-0.15, -0.1) is 0 Å². The molecule has 0 unspecified atom stereocenters. The van der Waals surface area contributed by atoms with Crippen LogP contribution in [0.2, 0.25) is 0 Å². The van der Waals surface area contributed by atoms with E-state index in [-0.39, 0.29) is 5.91 Å². The summed E-state index contributed by atoms with van der Waals surface area (Å²) in [6.45, 7) is 2.36. The van der Waals surface area contributed by atoms with Crippen molar-refractivity contribution in [3.8, 4) is 0 Å². The smallest absolute Gasteiger partial charge is 0.223 e. The average molecular weight is 244 g/mol. The molecule has 1 fully saturated rings. The van der Waals surface area contributed by atoms with Crippen LogP contribution in [0.15, 0.2) is 36.4 Å². The Kier molecular flexibility index (Phi) is 4.97. The van der Waals surface area contributed by atoms with Crippen LogP contribution in [-0.2, 0) is 4.79 Å². The Bertz CT molecular complexity index is 396. The Balaban J connectivity index is 1.50. The van der Waals surface area contributed by atoms with Gasteiger partial charge in [-0.1, -0.05) is 42.5 Å². The maximum absolute atomic E-state index is 11.3. The van der Waals surface area contributed by atoms with Gasteiger partial charge in [0.15, 0.2) is 0 Å². The lowest BCUT2D eigenvalue weighted by molar-refractivity contribution is -0.122. The van der Waals surface area contributed by atoms with Crippen LogP contribution in [0.1, 0.15) is 18.4 Å². The minimum Gasteiger partial charge on any atom is -0.355 e. The Hall–Kier alpha value is -1.61. The van der Waals surface area contributed by atoms with Gasteiger partial charge in [0.1, 0.15) is 0 Å². The van der Waals surface area contributed by atoms with Gasteiger partial charge in [-0.3, -0.25) is 4.79 Å². The van der Waals surface area contributed by atoms with E-state index < -0.39 is 0 Å². The number of carbonyl (C=O) groups is 1. The SMILES string of the molecule is O=C(NCCNC/C=C/c1ccccc1)C1CC1. The van der Waals surface area contributed by atoms with Gasteiger partial charge in [0.2, 0.25) is 5.91 Å². The molecule has 0 heterocycles. The van der Waals surface area contributed by atoms with E-state index >= 15 is 0 Å². The number of hydrogen-bond donors (Lipinski definition) is 2. The van der Waals surface area contributed by atoms with Crippen molar-refractivity contribution in [1.82, 2.24) is 10.6 Å². The first-order chi connectivity index (χ1) is 8.86. The monoisotopic (exact) mass is 244 g/mol. The summed E-state index contributed by atoms with van der Waals surface area (Å²) in [6.07, 6.45) is 6.33. The number of carbonyl (C=O) groups excluding carboxylic acids is 1. The minimum absolute atomic E-state index is 0.219. The van der Waals surface area contributed by atoms with Crippen LogP contribution in [0.5, 0.6) is 0 Å². The summed E-state index contributed by atoms with van der Waals surface area (Å²) in [6, 6.07) is 10.2. The molecular weight excluding hydrogens is 224 g/mol. The molecule has 1 aromatic rings. The van der Waals surface area contributed by atoms with Crippen molar-refractivity contribution in [2.24, 2.45) is 5.92 Å². The molecule has 0 saturated heterocycles. The molecule has 2 rings (SSSR count). The van der Waals surface area contributed by atoms with Crippen molar-refractivity contribution >= 4 is 12.0 Å². The van der Waals surface area contributed by atoms with E-state index in [0.717, 1.165) is 25.9 Å². The quantitative estimate of drug-likeness (QED) is 0.718. The predicted molar refractivity (Wildman–Crippen MR) is 74.1 cm³/mol. The van der Waals surface area contributed by atoms with E-state index in [0.29, 0.717) is 12.5 Å². The van der Waals surface area contributed by atoms with Crippen LogP contribution in [0.3, 0.4) is 0 Å². The first-order valence-electron chi connectivity index (χ1n) is 6.56. The lowest BCUT2D eigenvalue weighted by atomic mass is 10.2. The Labute approximate surface area is 108 Å². The van der Waals surface area contributed by atoms with Crippen LogP contribution in [-0.4, -0.2) is 25.5 Å². The highest BCUT2D eigenvalue weighted by molar-refractivity contribution is 5.80. The molecule has 0 aromatic heterocycles. The normalized spacial score (nSPS) is 14.9. The van der Waals surface area contributed by atoms with Crippen molar-refractivity contribution in [3.05, 3.63) is 42.0 Å². The first kappa shape index (κ1) is 12.8. The summed E-state index contributed by atoms with van der Waals surface area (Å²) in [5.74, 6) is 0.527. The minimum atomic E-state index is 0.219. The molecule has 0 bridgehead atoms. The largest absolute Gasteiger partial charge is 0.355 e. The molecule has 0 radical (unpaired) electrons. The number of hydrogen-bond acceptors (Lipinski definition) is 2. The maximum Gasteiger partial charge on any atom is 0.223 e. The molecule has 3 heteroatoms. The molecule has 1 aromatic carbocycles. The molecule has 2 N–H and O–H groups in total. The molecular formula is C15H20N2O. The highest BCUT2D eigenvalue weighted by atomic mass is 16.2. The van der Waals surface area contributed by atoms with Crippen LogP contribution >= 0.6 is 0 Å². The van der Waals surface area contributed by atoms with Crippen LogP contribution in [0.4, 0.5) is 0 Å². The van der Waals surface area contributed by atoms with E-state index in [1.807, 2.05) is 18.2 Å². The topological polar surface area (TPSA) is 41.1 Å². The molecule has 0 atom stereocenters. The van der Waals surface area contributed by atoms with Crippen molar-refractivity contribution in [2.75, 3.05) is 19.6 Å². The van der Waals surface area contributed by atoms with Crippen molar-refractivity contribution in [3.63, 3.8) is 0 Å². The fourth-order valence-corrected chi connectivity index (χ4v) is 1.71. The summed E-state index contributed by atoms with van der Waals surface area (Å²) >= 11 is 0. The summed E-state index contributed by atoms with van der Waals surface area (Å²) in [7, 11) is 0. The van der Waals surface area contributed by atoms with Crippen molar-refractivity contribution in [2.45, 2.75) is 12.8 Å². The molecule has 96 valence electrons. The van der Waals surface area contributed by atoms with Crippen molar-refractivity contribution < 1.29 is 4.79 Å². The van der Waals surface area contributed by atoms with Gasteiger partial charge in [-0.25, -0.2) is 0 Å². The van der Waals surface area contributed by atoms with Gasteiger partial charge in [0, 0.05) is 25.6 Å². The van der Waals surface area contributed by atoms with Gasteiger partial charge in [0.05, 0.1) is 0 Å². The van der Waals surface area contributed by atoms with E-state index in [2.05, 4.69) is 34.9 Å². The van der Waals surface area contributed by atoms with Gasteiger partial charge in [-0.05, 0) is 18.4 Å². The number of amides is 1. The second kappa shape index (κ2) is 6.97. The third-order valence-corrected chi connectivity index (χ3v) is 2.92. The molecule has 1 amide bonds. The zero-order valence-corrected chi connectivity index (χ0v) is 10.6. The van der Waals surface area contributed by atoms with Gasteiger partial charge in [-0.2, -0.15) is 0 Å². The second-order valence-corrected chi connectivity index (χ2v) is 4.58. The fourth-order valence-electron chi connectivity index (χ4n) is 1.71. The van der Waals surface area contributed by atoms with Crippen LogP contribution < -0.4 is 10.6 Å². The van der Waals surface area contributed by atoms with Gasteiger partial charge >= 0.3 is 0 Å². The van der Waals surface area contributed by atoms with E-state index in [4.69, 9.17) is 0 Å². The summed E-state index contributed by atoms with van der Waals surface area (Å²) in [5.41, 5.74) is 1.21. The Morgan fingerprint density at radius 2 is 2.00 bits per heavy atom. The lowest BCUT2D eigenvalue weighted by Crippen LogP contribution is -2.32. The third kappa shape index (κ3) is 4.72. The fraction of sp³-hybridized carbons (Fsp3) is 0.400. The zero-order valence-electron chi connectivity index (χ0n) is 10.6. The second-order valence-electron chi connectivity index (χ2n) is 4.58. The van der Waals surface area contributed by atoms with Gasteiger partial charge < -0.3 is 10.6 Å². The zero-order chi connectivity index (χ0) is 12.6. The summed E-state index contributed by atoms with van der Waals surface area (Å²) < 4.78 is 0. The number of nitrogens with one attached hydrogen (secondary N) is 2. The number of rotatable bonds is 7. The highest BCUT2D eigenvalue weighted by Crippen LogP contribution is 2.28. The Morgan fingerprint density at radius 1 is 1.22 bits per heavy atom. The molecule has 1 saturated carbocycles. The average Bonchev–Trinajstić information content (AvgIpc) is 3.23. The predicted octanol–water partition coefficient (Wildman–Crippen LogP) is 1.82. The van der Waals surface area contributed by atoms with Gasteiger partial charge in [0.25, 0.3) is 0 Å². The molecule has 18 heavy (non-hydrogen) atoms. The molecule has 0 aliphatic heterocycles. The molecule has 3 nitrogen and oxygen atoms in total. The van der Waals surface area contributed by atoms with Crippen LogP contribution in [0.25, 0.3) is 6.08 Å². The molecule has 1 aliphatic rings. The molecule has 0 spiro atoms. The van der Waals surface area contributed by atoms with E-state index in [1.54, 1.807) is 0 Å². The first-order valence-corrected chi connectivity index (χ1v) is 6.56. The van der Waals surface area contributed by atoms with Crippen molar-refractivity contribution in [1.29, 1.82) is 0 Å². The Morgan fingerprint density at radius 3 is 2.72 bits per heavy atom. The summed E-state index contributed by atoms with van der Waals surface area (Å²) in [5, 5.41) is 6.20. The summed E-state index contributed by atoms with van der Waals surface area (Å²) in [4.78, 5) is 11.3.